The summed E-state index contributed by atoms with van der Waals surface area (Å²) in [6.45, 7) is 0.879. The van der Waals surface area contributed by atoms with Gasteiger partial charge in [0.2, 0.25) is 0 Å². The number of rotatable bonds is 2. The maximum absolute atomic E-state index is 5.58. The van der Waals surface area contributed by atoms with Gasteiger partial charge in [0.1, 0.15) is 0 Å². The summed E-state index contributed by atoms with van der Waals surface area (Å²) in [6.07, 6.45) is 5.32. The molecule has 2 aromatic heterocycles. The van der Waals surface area contributed by atoms with Crippen molar-refractivity contribution in [2.24, 2.45) is 0 Å². The fraction of sp³-hybridized carbons (Fsp3) is 0.455. The van der Waals surface area contributed by atoms with Crippen molar-refractivity contribution in [3.05, 3.63) is 28.6 Å². The van der Waals surface area contributed by atoms with E-state index in [1.54, 1.807) is 4.52 Å². The van der Waals surface area contributed by atoms with E-state index in [1.807, 2.05) is 18.3 Å². The summed E-state index contributed by atoms with van der Waals surface area (Å²) < 4.78 is 8.39. The fourth-order valence-electron chi connectivity index (χ4n) is 2.00. The SMILES string of the molecule is Brc1ccc2nc(CC3CCCO3)nn2c1. The molecule has 4 nitrogen and oxygen atoms in total. The van der Waals surface area contributed by atoms with Crippen LogP contribution in [0, 0.1) is 0 Å². The van der Waals surface area contributed by atoms with Crippen molar-refractivity contribution in [3.63, 3.8) is 0 Å². The second-order valence-electron chi connectivity index (χ2n) is 4.02. The average Bonchev–Trinajstić information content (AvgIpc) is 2.86. The first-order valence-electron chi connectivity index (χ1n) is 5.44. The standard InChI is InChI=1S/C11H12BrN3O/c12-8-3-4-11-13-10(14-15(11)7-8)6-9-2-1-5-16-9/h3-4,7,9H,1-2,5-6H2. The van der Waals surface area contributed by atoms with Gasteiger partial charge in [0.05, 0.1) is 6.10 Å². The predicted molar refractivity (Wildman–Crippen MR) is 63.4 cm³/mol. The molecule has 0 aromatic carbocycles. The number of hydrogen-bond donors (Lipinski definition) is 0. The number of fused-ring (bicyclic) bond motifs is 1. The lowest BCUT2D eigenvalue weighted by molar-refractivity contribution is 0.110. The van der Waals surface area contributed by atoms with Crippen LogP contribution < -0.4 is 0 Å². The van der Waals surface area contributed by atoms with Crippen LogP contribution in [0.15, 0.2) is 22.8 Å². The van der Waals surface area contributed by atoms with Gasteiger partial charge in [0.15, 0.2) is 11.5 Å². The Balaban J connectivity index is 1.86. The molecule has 1 fully saturated rings. The van der Waals surface area contributed by atoms with Crippen LogP contribution in [0.5, 0.6) is 0 Å². The average molecular weight is 282 g/mol. The van der Waals surface area contributed by atoms with Crippen molar-refractivity contribution in [3.8, 4) is 0 Å². The van der Waals surface area contributed by atoms with Crippen LogP contribution in [-0.2, 0) is 11.2 Å². The molecule has 2 aromatic rings. The van der Waals surface area contributed by atoms with E-state index in [2.05, 4.69) is 26.0 Å². The van der Waals surface area contributed by atoms with Crippen molar-refractivity contribution in [1.82, 2.24) is 14.6 Å². The zero-order chi connectivity index (χ0) is 11.0. The topological polar surface area (TPSA) is 39.4 Å². The first-order chi connectivity index (χ1) is 7.81. The summed E-state index contributed by atoms with van der Waals surface area (Å²) in [7, 11) is 0. The van der Waals surface area contributed by atoms with E-state index in [1.165, 1.54) is 0 Å². The Kier molecular flexibility index (Phi) is 2.65. The Bertz CT molecular complexity index is 505. The molecule has 16 heavy (non-hydrogen) atoms. The molecule has 1 atom stereocenters. The second-order valence-corrected chi connectivity index (χ2v) is 4.93. The third-order valence-corrected chi connectivity index (χ3v) is 3.24. The van der Waals surface area contributed by atoms with Gasteiger partial charge >= 0.3 is 0 Å². The van der Waals surface area contributed by atoms with Gasteiger partial charge in [-0.15, -0.1) is 0 Å². The van der Waals surface area contributed by atoms with Gasteiger partial charge in [-0.05, 0) is 40.9 Å². The van der Waals surface area contributed by atoms with Crippen LogP contribution >= 0.6 is 15.9 Å². The highest BCUT2D eigenvalue weighted by atomic mass is 79.9. The highest BCUT2D eigenvalue weighted by Gasteiger charge is 2.18. The normalized spacial score (nSPS) is 20.7. The molecule has 5 heteroatoms. The third-order valence-electron chi connectivity index (χ3n) is 2.77. The lowest BCUT2D eigenvalue weighted by atomic mass is 10.2. The van der Waals surface area contributed by atoms with Crippen molar-refractivity contribution < 1.29 is 4.74 Å². The van der Waals surface area contributed by atoms with E-state index in [-0.39, 0.29) is 0 Å². The van der Waals surface area contributed by atoms with E-state index < -0.39 is 0 Å². The van der Waals surface area contributed by atoms with E-state index in [0.29, 0.717) is 6.10 Å². The largest absolute Gasteiger partial charge is 0.378 e. The lowest BCUT2D eigenvalue weighted by Gasteiger charge is -2.04. The van der Waals surface area contributed by atoms with E-state index >= 15 is 0 Å². The smallest absolute Gasteiger partial charge is 0.155 e. The first-order valence-corrected chi connectivity index (χ1v) is 6.23. The predicted octanol–water partition coefficient (Wildman–Crippen LogP) is 2.21. The van der Waals surface area contributed by atoms with Gasteiger partial charge in [0, 0.05) is 23.7 Å². The summed E-state index contributed by atoms with van der Waals surface area (Å²) >= 11 is 3.42. The molecule has 1 aliphatic rings. The molecule has 0 amide bonds. The maximum Gasteiger partial charge on any atom is 0.155 e. The van der Waals surface area contributed by atoms with Crippen LogP contribution in [0.4, 0.5) is 0 Å². The molecule has 1 saturated heterocycles. The van der Waals surface area contributed by atoms with Gasteiger partial charge in [0.25, 0.3) is 0 Å². The van der Waals surface area contributed by atoms with Crippen LogP contribution in [0.25, 0.3) is 5.65 Å². The summed E-state index contributed by atoms with van der Waals surface area (Å²) in [5, 5.41) is 4.43. The maximum atomic E-state index is 5.58. The Morgan fingerprint density at radius 1 is 1.50 bits per heavy atom. The number of aromatic nitrogens is 3. The van der Waals surface area contributed by atoms with Gasteiger partial charge in [-0.1, -0.05) is 0 Å². The zero-order valence-corrected chi connectivity index (χ0v) is 10.4. The number of nitrogens with zero attached hydrogens (tertiary/aromatic N) is 3. The van der Waals surface area contributed by atoms with Crippen molar-refractivity contribution >= 4 is 21.6 Å². The molecule has 0 saturated carbocycles. The highest BCUT2D eigenvalue weighted by Crippen LogP contribution is 2.16. The Morgan fingerprint density at radius 2 is 2.44 bits per heavy atom. The van der Waals surface area contributed by atoms with Crippen LogP contribution in [0.1, 0.15) is 18.7 Å². The van der Waals surface area contributed by atoms with E-state index in [0.717, 1.165) is 41.8 Å². The molecule has 1 unspecified atom stereocenters. The molecule has 0 aliphatic carbocycles. The van der Waals surface area contributed by atoms with Crippen LogP contribution in [-0.4, -0.2) is 27.3 Å². The quantitative estimate of drug-likeness (QED) is 0.847. The lowest BCUT2D eigenvalue weighted by Crippen LogP contribution is -2.10. The van der Waals surface area contributed by atoms with Gasteiger partial charge < -0.3 is 4.74 Å². The van der Waals surface area contributed by atoms with Crippen LogP contribution in [0.3, 0.4) is 0 Å². The Labute approximate surface area is 102 Å². The van der Waals surface area contributed by atoms with E-state index in [9.17, 15) is 0 Å². The number of ether oxygens (including phenoxy) is 1. The van der Waals surface area contributed by atoms with Gasteiger partial charge in [-0.3, -0.25) is 0 Å². The van der Waals surface area contributed by atoms with Gasteiger partial charge in [-0.2, -0.15) is 5.10 Å². The number of hydrogen-bond acceptors (Lipinski definition) is 3. The fourth-order valence-corrected chi connectivity index (χ4v) is 2.33. The Morgan fingerprint density at radius 3 is 3.25 bits per heavy atom. The molecule has 0 spiro atoms. The van der Waals surface area contributed by atoms with Crippen molar-refractivity contribution in [2.45, 2.75) is 25.4 Å². The number of pyridine rings is 1. The van der Waals surface area contributed by atoms with E-state index in [4.69, 9.17) is 4.74 Å². The van der Waals surface area contributed by atoms with Gasteiger partial charge in [-0.25, -0.2) is 9.50 Å². The summed E-state index contributed by atoms with van der Waals surface area (Å²) in [4.78, 5) is 4.47. The van der Waals surface area contributed by atoms with Crippen molar-refractivity contribution in [2.75, 3.05) is 6.61 Å². The molecule has 0 N–H and O–H groups in total. The molecule has 84 valence electrons. The highest BCUT2D eigenvalue weighted by molar-refractivity contribution is 9.10. The zero-order valence-electron chi connectivity index (χ0n) is 8.77. The summed E-state index contributed by atoms with van der Waals surface area (Å²) in [6, 6.07) is 3.93. The second kappa shape index (κ2) is 4.14. The summed E-state index contributed by atoms with van der Waals surface area (Å²) in [5.41, 5.74) is 0.885. The molecule has 3 heterocycles. The molecule has 0 bridgehead atoms. The minimum Gasteiger partial charge on any atom is -0.378 e. The number of halogens is 1. The minimum atomic E-state index is 0.306. The Hall–Kier alpha value is -0.940. The molecule has 0 radical (unpaired) electrons. The third kappa shape index (κ3) is 1.97. The van der Waals surface area contributed by atoms with Crippen LogP contribution in [0.2, 0.25) is 0 Å². The van der Waals surface area contributed by atoms with Crippen molar-refractivity contribution in [1.29, 1.82) is 0 Å². The molecule has 1 aliphatic heterocycles. The molecule has 3 rings (SSSR count). The first kappa shape index (κ1) is 10.2. The summed E-state index contributed by atoms with van der Waals surface area (Å²) in [5.74, 6) is 0.866. The minimum absolute atomic E-state index is 0.306. The molecular weight excluding hydrogens is 270 g/mol. The monoisotopic (exact) mass is 281 g/mol. The molecular formula is C11H12BrN3O.